The Labute approximate surface area is 279 Å². The van der Waals surface area contributed by atoms with Gasteiger partial charge in [0.05, 0.1) is 33.6 Å². The van der Waals surface area contributed by atoms with Crippen molar-refractivity contribution in [3.63, 3.8) is 0 Å². The Balaban J connectivity index is 1.26. The van der Waals surface area contributed by atoms with Gasteiger partial charge in [0, 0.05) is 11.9 Å². The number of rotatable bonds is 18. The lowest BCUT2D eigenvalue weighted by molar-refractivity contribution is -0.121. The largest absolute Gasteiger partial charge is 0.494 e. The smallest absolute Gasteiger partial charge is 0.247 e. The number of aryl methyl sites for hydroxylation is 1. The molecule has 46 heavy (non-hydrogen) atoms. The number of carbonyl (C=O) groups excluding carboxylic acids is 1. The number of fused-ring (bicyclic) bond motifs is 1. The molecule has 250 valence electrons. The van der Waals surface area contributed by atoms with E-state index >= 15 is 0 Å². The van der Waals surface area contributed by atoms with E-state index in [-0.39, 0.29) is 5.91 Å². The van der Waals surface area contributed by atoms with Crippen molar-refractivity contribution in [2.75, 3.05) is 80.7 Å². The number of nitrogens with zero attached hydrogens (tertiary/aromatic N) is 3. The molecule has 1 aliphatic heterocycles. The van der Waals surface area contributed by atoms with Crippen LogP contribution in [0.2, 0.25) is 0 Å². The third-order valence-corrected chi connectivity index (χ3v) is 10.1. The van der Waals surface area contributed by atoms with Crippen molar-refractivity contribution in [3.8, 4) is 23.0 Å². The van der Waals surface area contributed by atoms with Crippen molar-refractivity contribution < 1.29 is 23.7 Å². The van der Waals surface area contributed by atoms with E-state index in [9.17, 15) is 4.79 Å². The summed E-state index contributed by atoms with van der Waals surface area (Å²) in [5.74, 6) is 3.04. The van der Waals surface area contributed by atoms with E-state index in [2.05, 4.69) is 55.2 Å². The molecule has 0 radical (unpaired) electrons. The normalized spacial score (nSPS) is 16.1. The van der Waals surface area contributed by atoms with Gasteiger partial charge in [-0.1, -0.05) is 30.3 Å². The number of likely N-dealkylation sites (N-methyl/N-ethyl adjacent to an activating group) is 1. The SMILES string of the molecule is COc1ccc(CCCN(C)CCCCOc2ccc(C3(CCCN(C)C)Sc4ccccc4N(C)C3=O)cc2)c(OC)c1OC. The first-order valence-electron chi connectivity index (χ1n) is 16.1. The molecule has 9 heteroatoms. The van der Waals surface area contributed by atoms with Gasteiger partial charge in [0.1, 0.15) is 10.5 Å². The summed E-state index contributed by atoms with van der Waals surface area (Å²) in [6, 6.07) is 20.4. The van der Waals surface area contributed by atoms with Crippen LogP contribution >= 0.6 is 11.8 Å². The molecule has 3 aromatic rings. The van der Waals surface area contributed by atoms with E-state index in [1.54, 1.807) is 33.1 Å². The lowest BCUT2D eigenvalue weighted by atomic mass is 9.90. The number of carbonyl (C=O) groups is 1. The number of unbranched alkanes of at least 4 members (excludes halogenated alkanes) is 1. The van der Waals surface area contributed by atoms with E-state index in [1.807, 2.05) is 48.3 Å². The van der Waals surface area contributed by atoms with Crippen LogP contribution in [-0.4, -0.2) is 91.5 Å². The summed E-state index contributed by atoms with van der Waals surface area (Å²) in [6.07, 6.45) is 5.64. The first-order chi connectivity index (χ1) is 22.2. The summed E-state index contributed by atoms with van der Waals surface area (Å²) in [4.78, 5) is 21.4. The highest BCUT2D eigenvalue weighted by atomic mass is 32.2. The highest BCUT2D eigenvalue weighted by molar-refractivity contribution is 8.01. The molecule has 0 bridgehead atoms. The molecule has 1 atom stereocenters. The van der Waals surface area contributed by atoms with Crippen LogP contribution in [0.25, 0.3) is 0 Å². The van der Waals surface area contributed by atoms with E-state index in [4.69, 9.17) is 18.9 Å². The number of hydrogen-bond donors (Lipinski definition) is 0. The fourth-order valence-corrected chi connectivity index (χ4v) is 7.62. The number of para-hydroxylation sites is 1. The van der Waals surface area contributed by atoms with Crippen molar-refractivity contribution in [1.82, 2.24) is 9.80 Å². The standard InChI is InChI=1S/C37H51N3O5S/c1-38(2)24-13-23-37(36(41)40(4)31-15-8-9-16-33(31)46-37)29-18-20-30(21-19-29)45-27-11-10-25-39(3)26-12-14-28-17-22-32(42-5)35(44-7)34(28)43-6/h8-9,15-22H,10-14,23-27H2,1-7H3. The molecule has 0 spiro atoms. The molecule has 0 saturated heterocycles. The Morgan fingerprint density at radius 2 is 1.50 bits per heavy atom. The van der Waals surface area contributed by atoms with Gasteiger partial charge in [-0.05, 0) is 121 Å². The zero-order chi connectivity index (χ0) is 33.1. The summed E-state index contributed by atoms with van der Waals surface area (Å²) in [7, 11) is 13.2. The lowest BCUT2D eigenvalue weighted by Gasteiger charge is -2.41. The predicted molar refractivity (Wildman–Crippen MR) is 188 cm³/mol. The Hall–Kier alpha value is -3.40. The minimum absolute atomic E-state index is 0.135. The number of amides is 1. The van der Waals surface area contributed by atoms with Crippen molar-refractivity contribution >= 4 is 23.4 Å². The summed E-state index contributed by atoms with van der Waals surface area (Å²) in [5, 5.41) is 0. The summed E-state index contributed by atoms with van der Waals surface area (Å²) in [5.41, 5.74) is 3.13. The third kappa shape index (κ3) is 8.49. The van der Waals surface area contributed by atoms with Gasteiger partial charge in [0.2, 0.25) is 11.7 Å². The number of ether oxygens (including phenoxy) is 4. The number of benzene rings is 3. The summed E-state index contributed by atoms with van der Waals surface area (Å²) < 4.78 is 22.0. The second-order valence-electron chi connectivity index (χ2n) is 12.1. The maximum absolute atomic E-state index is 13.9. The molecule has 1 unspecified atom stereocenters. The molecular formula is C37H51N3O5S. The molecule has 3 aromatic carbocycles. The maximum Gasteiger partial charge on any atom is 0.247 e. The van der Waals surface area contributed by atoms with Gasteiger partial charge in [-0.2, -0.15) is 0 Å². The third-order valence-electron chi connectivity index (χ3n) is 8.59. The van der Waals surface area contributed by atoms with Crippen molar-refractivity contribution in [3.05, 3.63) is 71.8 Å². The van der Waals surface area contributed by atoms with E-state index in [0.717, 1.165) is 91.4 Å². The quantitative estimate of drug-likeness (QED) is 0.141. The molecule has 0 saturated carbocycles. The van der Waals surface area contributed by atoms with Crippen LogP contribution in [0.15, 0.2) is 65.6 Å². The highest BCUT2D eigenvalue weighted by Gasteiger charge is 2.47. The molecule has 1 heterocycles. The van der Waals surface area contributed by atoms with E-state index in [1.165, 1.54) is 0 Å². The Morgan fingerprint density at radius 1 is 0.783 bits per heavy atom. The molecule has 0 aliphatic carbocycles. The van der Waals surface area contributed by atoms with Crippen LogP contribution in [-0.2, 0) is 16.0 Å². The minimum Gasteiger partial charge on any atom is -0.494 e. The molecule has 0 fully saturated rings. The van der Waals surface area contributed by atoms with Gasteiger partial charge in [-0.25, -0.2) is 0 Å². The summed E-state index contributed by atoms with van der Waals surface area (Å²) in [6.45, 7) is 3.60. The molecule has 1 amide bonds. The zero-order valence-corrected chi connectivity index (χ0v) is 29.5. The molecule has 0 N–H and O–H groups in total. The van der Waals surface area contributed by atoms with Crippen LogP contribution in [0.5, 0.6) is 23.0 Å². The number of hydrogen-bond acceptors (Lipinski definition) is 8. The van der Waals surface area contributed by atoms with Crippen LogP contribution in [0, 0.1) is 0 Å². The summed E-state index contributed by atoms with van der Waals surface area (Å²) >= 11 is 1.69. The van der Waals surface area contributed by atoms with Gasteiger partial charge in [0.15, 0.2) is 11.5 Å². The molecule has 1 aliphatic rings. The van der Waals surface area contributed by atoms with Gasteiger partial charge in [-0.15, -0.1) is 11.8 Å². The molecule has 8 nitrogen and oxygen atoms in total. The van der Waals surface area contributed by atoms with E-state index < -0.39 is 4.75 Å². The maximum atomic E-state index is 13.9. The highest BCUT2D eigenvalue weighted by Crippen LogP contribution is 2.53. The molecule has 0 aromatic heterocycles. The Morgan fingerprint density at radius 3 is 2.20 bits per heavy atom. The monoisotopic (exact) mass is 649 g/mol. The molecular weight excluding hydrogens is 598 g/mol. The van der Waals surface area contributed by atoms with Crippen molar-refractivity contribution in [2.24, 2.45) is 0 Å². The Kier molecular flexibility index (Phi) is 13.1. The number of anilines is 1. The van der Waals surface area contributed by atoms with Crippen LogP contribution in [0.3, 0.4) is 0 Å². The van der Waals surface area contributed by atoms with Crippen molar-refractivity contribution in [1.29, 1.82) is 0 Å². The second kappa shape index (κ2) is 17.0. The average molecular weight is 650 g/mol. The van der Waals surface area contributed by atoms with Crippen molar-refractivity contribution in [2.45, 2.75) is 48.2 Å². The first kappa shape index (κ1) is 35.5. The predicted octanol–water partition coefficient (Wildman–Crippen LogP) is 6.74. The van der Waals surface area contributed by atoms with Crippen LogP contribution in [0.4, 0.5) is 5.69 Å². The Bertz CT molecular complexity index is 1420. The average Bonchev–Trinajstić information content (AvgIpc) is 3.06. The topological polar surface area (TPSA) is 63.7 Å². The van der Waals surface area contributed by atoms with Gasteiger partial charge >= 0.3 is 0 Å². The second-order valence-corrected chi connectivity index (χ2v) is 13.5. The van der Waals surface area contributed by atoms with Crippen LogP contribution < -0.4 is 23.8 Å². The van der Waals surface area contributed by atoms with Crippen LogP contribution in [0.1, 0.15) is 43.2 Å². The number of methoxy groups -OCH3 is 3. The zero-order valence-electron chi connectivity index (χ0n) is 28.6. The van der Waals surface area contributed by atoms with Gasteiger partial charge < -0.3 is 33.6 Å². The van der Waals surface area contributed by atoms with E-state index in [0.29, 0.717) is 18.1 Å². The molecule has 4 rings (SSSR count). The van der Waals surface area contributed by atoms with Gasteiger partial charge in [0.25, 0.3) is 0 Å². The number of thioether (sulfide) groups is 1. The van der Waals surface area contributed by atoms with Gasteiger partial charge in [-0.3, -0.25) is 4.79 Å². The fourth-order valence-electron chi connectivity index (χ4n) is 6.07. The lowest BCUT2D eigenvalue weighted by Crippen LogP contribution is -2.46. The minimum atomic E-state index is -0.660. The fraction of sp³-hybridized carbons (Fsp3) is 0.486. The first-order valence-corrected chi connectivity index (χ1v) is 17.0.